The molecule has 2 heterocycles. The van der Waals surface area contributed by atoms with Gasteiger partial charge in [0.2, 0.25) is 0 Å². The summed E-state index contributed by atoms with van der Waals surface area (Å²) in [5, 5.41) is 3.00. The van der Waals surface area contributed by atoms with Crippen molar-refractivity contribution in [2.24, 2.45) is 11.8 Å². The summed E-state index contributed by atoms with van der Waals surface area (Å²) in [6, 6.07) is 9.78. The van der Waals surface area contributed by atoms with Gasteiger partial charge in [0.1, 0.15) is 0 Å². The Morgan fingerprint density at radius 3 is 2.41 bits per heavy atom. The summed E-state index contributed by atoms with van der Waals surface area (Å²) in [4.78, 5) is 16.9. The summed E-state index contributed by atoms with van der Waals surface area (Å²) >= 11 is 0. The smallest absolute Gasteiger partial charge is 0.321 e. The number of nitrogens with zero attached hydrogens (tertiary/aromatic N) is 2. The van der Waals surface area contributed by atoms with Crippen LogP contribution in [0.5, 0.6) is 0 Å². The van der Waals surface area contributed by atoms with Gasteiger partial charge in [0.05, 0.1) is 0 Å². The molecule has 3 rings (SSSR count). The zero-order chi connectivity index (χ0) is 15.4. The quantitative estimate of drug-likeness (QED) is 0.847. The Kier molecular flexibility index (Phi) is 4.98. The molecule has 2 saturated heterocycles. The van der Waals surface area contributed by atoms with Gasteiger partial charge in [-0.15, -0.1) is 0 Å². The van der Waals surface area contributed by atoms with Crippen LogP contribution in [0.2, 0.25) is 0 Å². The lowest BCUT2D eigenvalue weighted by molar-refractivity contribution is 0.212. The molecule has 0 aromatic heterocycles. The lowest BCUT2D eigenvalue weighted by Crippen LogP contribution is -2.36. The Morgan fingerprint density at radius 2 is 1.77 bits per heavy atom. The Balaban J connectivity index is 1.45. The zero-order valence-electron chi connectivity index (χ0n) is 13.5. The molecule has 2 atom stereocenters. The molecular formula is C18H27N3O. The summed E-state index contributed by atoms with van der Waals surface area (Å²) in [5.74, 6) is 1.34. The summed E-state index contributed by atoms with van der Waals surface area (Å²) in [5.41, 5.74) is 0.880. The molecule has 0 aliphatic carbocycles. The van der Waals surface area contributed by atoms with Crippen molar-refractivity contribution in [3.8, 4) is 0 Å². The number of benzene rings is 1. The van der Waals surface area contributed by atoms with Crippen molar-refractivity contribution < 1.29 is 4.79 Å². The number of urea groups is 1. The van der Waals surface area contributed by atoms with Crippen molar-refractivity contribution in [3.05, 3.63) is 30.3 Å². The second-order valence-corrected chi connectivity index (χ2v) is 6.69. The highest BCUT2D eigenvalue weighted by atomic mass is 16.2. The molecule has 2 fully saturated rings. The fourth-order valence-corrected chi connectivity index (χ4v) is 3.75. The lowest BCUT2D eigenvalue weighted by Gasteiger charge is -2.22. The SMILES string of the molecule is CCCCCN1CC2CN(C(=O)Nc3ccccc3)CC2C1. The van der Waals surface area contributed by atoms with E-state index in [1.807, 2.05) is 35.2 Å². The van der Waals surface area contributed by atoms with Gasteiger partial charge in [-0.3, -0.25) is 0 Å². The Hall–Kier alpha value is -1.55. The molecule has 4 nitrogen and oxygen atoms in total. The fraction of sp³-hybridized carbons (Fsp3) is 0.611. The average Bonchev–Trinajstić information content (AvgIpc) is 3.07. The van der Waals surface area contributed by atoms with E-state index in [4.69, 9.17) is 0 Å². The number of anilines is 1. The highest BCUT2D eigenvalue weighted by molar-refractivity contribution is 5.89. The molecule has 120 valence electrons. The molecule has 1 aromatic carbocycles. The van der Waals surface area contributed by atoms with Crippen molar-refractivity contribution in [2.75, 3.05) is 38.0 Å². The molecule has 2 aliphatic heterocycles. The number of para-hydroxylation sites is 1. The maximum Gasteiger partial charge on any atom is 0.321 e. The maximum absolute atomic E-state index is 12.3. The second-order valence-electron chi connectivity index (χ2n) is 6.69. The third-order valence-corrected chi connectivity index (χ3v) is 4.95. The summed E-state index contributed by atoms with van der Waals surface area (Å²) in [7, 11) is 0. The number of hydrogen-bond donors (Lipinski definition) is 1. The minimum atomic E-state index is 0.0538. The van der Waals surface area contributed by atoms with Gasteiger partial charge in [0.25, 0.3) is 0 Å². The number of unbranched alkanes of at least 4 members (excludes halogenated alkanes) is 2. The van der Waals surface area contributed by atoms with Crippen LogP contribution in [0, 0.1) is 11.8 Å². The summed E-state index contributed by atoms with van der Waals surface area (Å²) < 4.78 is 0. The lowest BCUT2D eigenvalue weighted by atomic mass is 10.0. The highest BCUT2D eigenvalue weighted by Crippen LogP contribution is 2.31. The molecule has 22 heavy (non-hydrogen) atoms. The molecule has 0 bridgehead atoms. The molecule has 2 unspecified atom stereocenters. The van der Waals surface area contributed by atoms with Crippen molar-refractivity contribution in [1.29, 1.82) is 0 Å². The number of nitrogens with one attached hydrogen (secondary N) is 1. The van der Waals surface area contributed by atoms with E-state index in [1.54, 1.807) is 0 Å². The largest absolute Gasteiger partial charge is 0.324 e. The molecule has 0 spiro atoms. The van der Waals surface area contributed by atoms with E-state index in [0.29, 0.717) is 11.8 Å². The van der Waals surface area contributed by atoms with E-state index in [2.05, 4.69) is 17.1 Å². The van der Waals surface area contributed by atoms with Crippen LogP contribution < -0.4 is 5.32 Å². The van der Waals surface area contributed by atoms with Crippen LogP contribution >= 0.6 is 0 Å². The van der Waals surface area contributed by atoms with Crippen molar-refractivity contribution in [1.82, 2.24) is 9.80 Å². The summed E-state index contributed by atoms with van der Waals surface area (Å²) in [6.07, 6.45) is 3.93. The number of carbonyl (C=O) groups is 1. The van der Waals surface area contributed by atoms with E-state index in [0.717, 1.165) is 18.8 Å². The van der Waals surface area contributed by atoms with Gasteiger partial charge in [-0.1, -0.05) is 38.0 Å². The first kappa shape index (κ1) is 15.3. The standard InChI is InChI=1S/C18H27N3O/c1-2-3-7-10-20-11-15-13-21(14-16(15)12-20)18(22)19-17-8-5-4-6-9-17/h4-6,8-9,15-16H,2-3,7,10-14H2,1H3,(H,19,22). The fourth-order valence-electron chi connectivity index (χ4n) is 3.75. The first-order valence-corrected chi connectivity index (χ1v) is 8.59. The normalized spacial score (nSPS) is 24.5. The minimum Gasteiger partial charge on any atom is -0.324 e. The van der Waals surface area contributed by atoms with Gasteiger partial charge in [-0.25, -0.2) is 4.79 Å². The van der Waals surface area contributed by atoms with Crippen LogP contribution in [0.15, 0.2) is 30.3 Å². The first-order valence-electron chi connectivity index (χ1n) is 8.59. The first-order chi connectivity index (χ1) is 10.8. The van der Waals surface area contributed by atoms with Crippen LogP contribution in [-0.4, -0.2) is 48.6 Å². The Morgan fingerprint density at radius 1 is 1.09 bits per heavy atom. The van der Waals surface area contributed by atoms with Gasteiger partial charge >= 0.3 is 6.03 Å². The van der Waals surface area contributed by atoms with Crippen molar-refractivity contribution in [2.45, 2.75) is 26.2 Å². The minimum absolute atomic E-state index is 0.0538. The molecule has 0 radical (unpaired) electrons. The van der Waals surface area contributed by atoms with E-state index < -0.39 is 0 Å². The van der Waals surface area contributed by atoms with Crippen molar-refractivity contribution in [3.63, 3.8) is 0 Å². The molecule has 1 aromatic rings. The van der Waals surface area contributed by atoms with Gasteiger partial charge in [-0.05, 0) is 36.9 Å². The van der Waals surface area contributed by atoms with Gasteiger partial charge in [0, 0.05) is 31.9 Å². The topological polar surface area (TPSA) is 35.6 Å². The molecular weight excluding hydrogens is 274 g/mol. The predicted octanol–water partition coefficient (Wildman–Crippen LogP) is 3.27. The number of fused-ring (bicyclic) bond motifs is 1. The van der Waals surface area contributed by atoms with E-state index in [1.165, 1.54) is 38.9 Å². The van der Waals surface area contributed by atoms with E-state index in [9.17, 15) is 4.79 Å². The Labute approximate surface area is 133 Å². The van der Waals surface area contributed by atoms with Crippen LogP contribution in [0.1, 0.15) is 26.2 Å². The number of likely N-dealkylation sites (tertiary alicyclic amines) is 2. The van der Waals surface area contributed by atoms with Gasteiger partial charge in [0.15, 0.2) is 0 Å². The molecule has 2 amide bonds. The molecule has 2 aliphatic rings. The van der Waals surface area contributed by atoms with Gasteiger partial charge in [-0.2, -0.15) is 0 Å². The number of hydrogen-bond acceptors (Lipinski definition) is 2. The molecule has 0 saturated carbocycles. The van der Waals surface area contributed by atoms with Crippen LogP contribution in [0.4, 0.5) is 10.5 Å². The number of amides is 2. The number of rotatable bonds is 5. The van der Waals surface area contributed by atoms with Crippen molar-refractivity contribution >= 4 is 11.7 Å². The summed E-state index contributed by atoms with van der Waals surface area (Å²) in [6.45, 7) is 7.65. The highest BCUT2D eigenvalue weighted by Gasteiger charge is 2.41. The molecule has 4 heteroatoms. The maximum atomic E-state index is 12.3. The van der Waals surface area contributed by atoms with Gasteiger partial charge < -0.3 is 15.1 Å². The Bertz CT molecular complexity index is 476. The number of carbonyl (C=O) groups excluding carboxylic acids is 1. The zero-order valence-corrected chi connectivity index (χ0v) is 13.5. The third kappa shape index (κ3) is 3.61. The van der Waals surface area contributed by atoms with E-state index in [-0.39, 0.29) is 6.03 Å². The van der Waals surface area contributed by atoms with Crippen LogP contribution in [-0.2, 0) is 0 Å². The molecule has 1 N–H and O–H groups in total. The van der Waals surface area contributed by atoms with E-state index >= 15 is 0 Å². The monoisotopic (exact) mass is 301 g/mol. The third-order valence-electron chi connectivity index (χ3n) is 4.95. The predicted molar refractivity (Wildman–Crippen MR) is 90.0 cm³/mol. The van der Waals surface area contributed by atoms with Crippen LogP contribution in [0.3, 0.4) is 0 Å². The average molecular weight is 301 g/mol. The van der Waals surface area contributed by atoms with Crippen LogP contribution in [0.25, 0.3) is 0 Å². The second kappa shape index (κ2) is 7.14.